The molecule has 0 aromatic carbocycles. The topological polar surface area (TPSA) is 86.8 Å². The van der Waals surface area contributed by atoms with E-state index in [4.69, 9.17) is 0 Å². The molecule has 0 bridgehead atoms. The number of thiazole rings is 1. The lowest BCUT2D eigenvalue weighted by Crippen LogP contribution is -2.43. The number of anilines is 1. The minimum atomic E-state index is -0.162. The Kier molecular flexibility index (Phi) is 3.32. The van der Waals surface area contributed by atoms with Gasteiger partial charge in [0.25, 0.3) is 5.56 Å². The van der Waals surface area contributed by atoms with Gasteiger partial charge in [-0.15, -0.1) is 0 Å². The van der Waals surface area contributed by atoms with Gasteiger partial charge in [-0.25, -0.2) is 4.98 Å². The zero-order valence-electron chi connectivity index (χ0n) is 11.7. The maximum atomic E-state index is 12.3. The summed E-state index contributed by atoms with van der Waals surface area (Å²) >= 11 is 1.39. The highest BCUT2D eigenvalue weighted by molar-refractivity contribution is 7.22. The monoisotopic (exact) mass is 314 g/mol. The summed E-state index contributed by atoms with van der Waals surface area (Å²) in [7, 11) is 0. The van der Waals surface area contributed by atoms with Gasteiger partial charge in [-0.3, -0.25) is 9.78 Å². The Morgan fingerprint density at radius 3 is 2.82 bits per heavy atom. The first-order valence-corrected chi connectivity index (χ1v) is 7.91. The second kappa shape index (κ2) is 5.47. The van der Waals surface area contributed by atoms with Gasteiger partial charge in [-0.2, -0.15) is 4.98 Å². The van der Waals surface area contributed by atoms with Crippen LogP contribution < -0.4 is 15.8 Å². The average Bonchev–Trinajstić information content (AvgIpc) is 3.01. The first kappa shape index (κ1) is 13.4. The van der Waals surface area contributed by atoms with E-state index >= 15 is 0 Å². The molecular formula is C14H14N6OS. The quantitative estimate of drug-likeness (QED) is 0.729. The largest absolute Gasteiger partial charge is 0.345 e. The molecule has 1 aliphatic rings. The molecule has 0 radical (unpaired) electrons. The maximum Gasteiger partial charge on any atom is 0.270 e. The zero-order chi connectivity index (χ0) is 14.9. The van der Waals surface area contributed by atoms with Crippen molar-refractivity contribution in [3.05, 3.63) is 34.7 Å². The van der Waals surface area contributed by atoms with E-state index in [1.54, 1.807) is 6.20 Å². The van der Waals surface area contributed by atoms with Gasteiger partial charge in [0.15, 0.2) is 16.6 Å². The van der Waals surface area contributed by atoms with Gasteiger partial charge >= 0.3 is 0 Å². The summed E-state index contributed by atoms with van der Waals surface area (Å²) in [5.74, 6) is 0.454. The molecular weight excluding hydrogens is 300 g/mol. The molecule has 7 nitrogen and oxygen atoms in total. The van der Waals surface area contributed by atoms with E-state index in [9.17, 15) is 4.79 Å². The predicted octanol–water partition coefficient (Wildman–Crippen LogP) is 0.851. The van der Waals surface area contributed by atoms with Crippen molar-refractivity contribution in [3.63, 3.8) is 0 Å². The normalized spacial score (nSPS) is 15.4. The molecule has 2 N–H and O–H groups in total. The summed E-state index contributed by atoms with van der Waals surface area (Å²) in [5, 5.41) is 4.16. The standard InChI is InChI=1S/C14H14N6OS/c21-13-10-12(17-11(18-13)9-3-1-2-4-16-9)19-14(22-10)20-7-5-15-6-8-20/h1-4,15H,5-8H2,(H,17,18,21). The van der Waals surface area contributed by atoms with Crippen LogP contribution in [0.15, 0.2) is 29.2 Å². The molecule has 0 unspecified atom stereocenters. The summed E-state index contributed by atoms with van der Waals surface area (Å²) in [5.41, 5.74) is 0.964. The zero-order valence-corrected chi connectivity index (χ0v) is 12.6. The number of nitrogens with zero attached hydrogens (tertiary/aromatic N) is 4. The van der Waals surface area contributed by atoms with E-state index in [0.29, 0.717) is 21.9 Å². The number of fused-ring (bicyclic) bond motifs is 1. The van der Waals surface area contributed by atoms with Gasteiger partial charge in [0, 0.05) is 32.4 Å². The molecule has 0 saturated carbocycles. The van der Waals surface area contributed by atoms with Crippen LogP contribution in [0.3, 0.4) is 0 Å². The molecule has 0 atom stereocenters. The van der Waals surface area contributed by atoms with Gasteiger partial charge in [-0.1, -0.05) is 17.4 Å². The van der Waals surface area contributed by atoms with Crippen LogP contribution in [0.25, 0.3) is 21.9 Å². The van der Waals surface area contributed by atoms with Crippen LogP contribution in [0.1, 0.15) is 0 Å². The second-order valence-electron chi connectivity index (χ2n) is 5.02. The number of nitrogens with one attached hydrogen (secondary N) is 2. The number of piperazine rings is 1. The molecule has 4 heterocycles. The predicted molar refractivity (Wildman–Crippen MR) is 86.3 cm³/mol. The first-order chi connectivity index (χ1) is 10.8. The summed E-state index contributed by atoms with van der Waals surface area (Å²) < 4.78 is 0.563. The lowest BCUT2D eigenvalue weighted by atomic mass is 10.3. The van der Waals surface area contributed by atoms with Crippen molar-refractivity contribution in [1.29, 1.82) is 0 Å². The molecule has 22 heavy (non-hydrogen) atoms. The number of pyridine rings is 1. The maximum absolute atomic E-state index is 12.3. The van der Waals surface area contributed by atoms with E-state index in [0.717, 1.165) is 31.3 Å². The summed E-state index contributed by atoms with van der Waals surface area (Å²) in [6, 6.07) is 5.50. The molecule has 0 spiro atoms. The van der Waals surface area contributed by atoms with E-state index in [1.807, 2.05) is 18.2 Å². The van der Waals surface area contributed by atoms with Crippen molar-refractivity contribution in [1.82, 2.24) is 25.3 Å². The minimum Gasteiger partial charge on any atom is -0.345 e. The first-order valence-electron chi connectivity index (χ1n) is 7.09. The number of H-pyrrole nitrogens is 1. The highest BCUT2D eigenvalue weighted by atomic mass is 32.1. The second-order valence-corrected chi connectivity index (χ2v) is 5.99. The van der Waals surface area contributed by atoms with Gasteiger partial charge in [-0.05, 0) is 12.1 Å². The number of hydrogen-bond acceptors (Lipinski definition) is 7. The molecule has 0 aliphatic carbocycles. The molecule has 1 aliphatic heterocycles. The number of rotatable bonds is 2. The molecule has 112 valence electrons. The molecule has 1 fully saturated rings. The Bertz CT molecular complexity index is 853. The molecule has 1 saturated heterocycles. The third-order valence-corrected chi connectivity index (χ3v) is 4.65. The minimum absolute atomic E-state index is 0.162. The Morgan fingerprint density at radius 1 is 1.18 bits per heavy atom. The van der Waals surface area contributed by atoms with Crippen LogP contribution in [0.4, 0.5) is 5.13 Å². The van der Waals surface area contributed by atoms with E-state index < -0.39 is 0 Å². The lowest BCUT2D eigenvalue weighted by molar-refractivity contribution is 0.588. The van der Waals surface area contributed by atoms with Crippen LogP contribution in [-0.2, 0) is 0 Å². The Labute approximate surface area is 130 Å². The molecule has 0 amide bonds. The van der Waals surface area contributed by atoms with Crippen molar-refractivity contribution < 1.29 is 0 Å². The highest BCUT2D eigenvalue weighted by Gasteiger charge is 2.17. The third-order valence-electron chi connectivity index (χ3n) is 3.55. The lowest BCUT2D eigenvalue weighted by Gasteiger charge is -2.26. The summed E-state index contributed by atoms with van der Waals surface area (Å²) in [6.45, 7) is 3.65. The third kappa shape index (κ3) is 2.36. The van der Waals surface area contributed by atoms with Crippen LogP contribution in [0.2, 0.25) is 0 Å². The van der Waals surface area contributed by atoms with Crippen LogP contribution >= 0.6 is 11.3 Å². The highest BCUT2D eigenvalue weighted by Crippen LogP contribution is 2.26. The van der Waals surface area contributed by atoms with Crippen molar-refractivity contribution in [2.24, 2.45) is 0 Å². The Balaban J connectivity index is 1.79. The summed E-state index contributed by atoms with van der Waals surface area (Å²) in [4.78, 5) is 30.5. The van der Waals surface area contributed by atoms with Crippen molar-refractivity contribution in [3.8, 4) is 11.5 Å². The smallest absolute Gasteiger partial charge is 0.270 e. The SMILES string of the molecule is O=c1[nH]c(-c2ccccn2)nc2nc(N3CCNCC3)sc12. The van der Waals surface area contributed by atoms with Crippen LogP contribution in [0.5, 0.6) is 0 Å². The number of aromatic nitrogens is 4. The summed E-state index contributed by atoms with van der Waals surface area (Å²) in [6.07, 6.45) is 1.67. The van der Waals surface area contributed by atoms with Crippen molar-refractivity contribution in [2.75, 3.05) is 31.1 Å². The van der Waals surface area contributed by atoms with Gasteiger partial charge < -0.3 is 15.2 Å². The van der Waals surface area contributed by atoms with Crippen molar-refractivity contribution >= 4 is 26.8 Å². The molecule has 8 heteroatoms. The molecule has 3 aromatic rings. The van der Waals surface area contributed by atoms with Gasteiger partial charge in [0.05, 0.1) is 0 Å². The fourth-order valence-electron chi connectivity index (χ4n) is 2.44. The Hall–Kier alpha value is -2.32. The molecule has 3 aromatic heterocycles. The fourth-order valence-corrected chi connectivity index (χ4v) is 3.39. The fraction of sp³-hybridized carbons (Fsp3) is 0.286. The van der Waals surface area contributed by atoms with Crippen LogP contribution in [-0.4, -0.2) is 46.1 Å². The van der Waals surface area contributed by atoms with Gasteiger partial charge in [0.2, 0.25) is 0 Å². The van der Waals surface area contributed by atoms with Gasteiger partial charge in [0.1, 0.15) is 10.4 Å². The average molecular weight is 314 g/mol. The number of aromatic amines is 1. The van der Waals surface area contributed by atoms with Crippen LogP contribution in [0, 0.1) is 0 Å². The molecule has 4 rings (SSSR count). The number of hydrogen-bond donors (Lipinski definition) is 2. The Morgan fingerprint density at radius 2 is 2.05 bits per heavy atom. The van der Waals surface area contributed by atoms with Crippen molar-refractivity contribution in [2.45, 2.75) is 0 Å². The van der Waals surface area contributed by atoms with E-state index in [-0.39, 0.29) is 5.56 Å². The van der Waals surface area contributed by atoms with E-state index in [1.165, 1.54) is 11.3 Å². The van der Waals surface area contributed by atoms with E-state index in [2.05, 4.69) is 30.2 Å².